The molecule has 0 saturated heterocycles. The van der Waals surface area contributed by atoms with Crippen LogP contribution in [0.4, 0.5) is 5.69 Å². The number of anilines is 1. The second-order valence-electron chi connectivity index (χ2n) is 5.67. The Morgan fingerprint density at radius 2 is 2.00 bits per heavy atom. The van der Waals surface area contributed by atoms with E-state index in [4.69, 9.17) is 0 Å². The van der Waals surface area contributed by atoms with Crippen LogP contribution in [0.3, 0.4) is 0 Å². The van der Waals surface area contributed by atoms with E-state index < -0.39 is 0 Å². The molecule has 0 aromatic heterocycles. The first-order chi connectivity index (χ1) is 10.7. The van der Waals surface area contributed by atoms with Crippen molar-refractivity contribution in [2.24, 2.45) is 11.3 Å². The van der Waals surface area contributed by atoms with Gasteiger partial charge < -0.3 is 10.6 Å². The molecule has 0 heterocycles. The number of benzene rings is 1. The third-order valence-corrected chi connectivity index (χ3v) is 3.88. The summed E-state index contributed by atoms with van der Waals surface area (Å²) in [6.07, 6.45) is 12.1. The van der Waals surface area contributed by atoms with E-state index in [2.05, 4.69) is 29.7 Å². The van der Waals surface area contributed by atoms with Crippen molar-refractivity contribution in [1.29, 1.82) is 0 Å². The molecule has 0 saturated carbocycles. The molecule has 1 aliphatic carbocycles. The van der Waals surface area contributed by atoms with Crippen molar-refractivity contribution in [2.45, 2.75) is 13.8 Å². The summed E-state index contributed by atoms with van der Waals surface area (Å²) < 4.78 is 0. The van der Waals surface area contributed by atoms with E-state index in [9.17, 15) is 4.79 Å². The van der Waals surface area contributed by atoms with E-state index >= 15 is 0 Å². The number of carbonyl (C=O) groups excluding carboxylic acids is 1. The lowest BCUT2D eigenvalue weighted by molar-refractivity contribution is -0.125. The fourth-order valence-corrected chi connectivity index (χ4v) is 2.70. The molecule has 1 amide bonds. The first-order valence-electron chi connectivity index (χ1n) is 7.72. The summed E-state index contributed by atoms with van der Waals surface area (Å²) in [7, 11) is 0. The third kappa shape index (κ3) is 4.10. The molecule has 22 heavy (non-hydrogen) atoms. The molecule has 0 fully saturated rings. The van der Waals surface area contributed by atoms with Crippen LogP contribution in [0.15, 0.2) is 66.8 Å². The molecular weight excluding hydrogens is 272 g/mol. The minimum absolute atomic E-state index is 0.0658. The molecule has 3 heteroatoms. The van der Waals surface area contributed by atoms with Crippen molar-refractivity contribution < 1.29 is 4.79 Å². The maximum Gasteiger partial charge on any atom is 0.228 e. The Bertz CT molecular complexity index is 574. The van der Waals surface area contributed by atoms with Gasteiger partial charge in [-0.05, 0) is 19.1 Å². The summed E-state index contributed by atoms with van der Waals surface area (Å²) in [5, 5.41) is 6.30. The van der Waals surface area contributed by atoms with Crippen molar-refractivity contribution in [1.82, 2.24) is 5.32 Å². The lowest BCUT2D eigenvalue weighted by Gasteiger charge is -2.31. The van der Waals surface area contributed by atoms with Crippen LogP contribution in [0.5, 0.6) is 0 Å². The second kappa shape index (κ2) is 7.64. The predicted octanol–water partition coefficient (Wildman–Crippen LogP) is 3.54. The molecule has 1 aromatic rings. The SMILES string of the molecule is CC=CC1(C)C=CC=CC1C(=O)NCCNc1ccccc1. The Hall–Kier alpha value is -2.29. The normalized spacial score (nSPS) is 23.6. The average molecular weight is 296 g/mol. The van der Waals surface area contributed by atoms with E-state index in [0.29, 0.717) is 13.1 Å². The molecule has 2 unspecified atom stereocenters. The van der Waals surface area contributed by atoms with E-state index in [-0.39, 0.29) is 17.2 Å². The maximum absolute atomic E-state index is 12.4. The Morgan fingerprint density at radius 3 is 2.73 bits per heavy atom. The first-order valence-corrected chi connectivity index (χ1v) is 7.72. The van der Waals surface area contributed by atoms with Gasteiger partial charge in [0, 0.05) is 24.2 Å². The number of nitrogens with one attached hydrogen (secondary N) is 2. The van der Waals surface area contributed by atoms with Crippen molar-refractivity contribution in [3.05, 3.63) is 66.8 Å². The van der Waals surface area contributed by atoms with Crippen LogP contribution < -0.4 is 10.6 Å². The van der Waals surface area contributed by atoms with Crippen LogP contribution in [0, 0.1) is 11.3 Å². The zero-order valence-corrected chi connectivity index (χ0v) is 13.3. The monoisotopic (exact) mass is 296 g/mol. The van der Waals surface area contributed by atoms with Crippen LogP contribution in [0.25, 0.3) is 0 Å². The van der Waals surface area contributed by atoms with Crippen molar-refractivity contribution >= 4 is 11.6 Å². The molecule has 2 N–H and O–H groups in total. The van der Waals surface area contributed by atoms with Crippen LogP contribution in [0.2, 0.25) is 0 Å². The molecule has 2 rings (SSSR count). The highest BCUT2D eigenvalue weighted by atomic mass is 16.1. The van der Waals surface area contributed by atoms with Gasteiger partial charge in [0.2, 0.25) is 5.91 Å². The number of rotatable bonds is 6. The third-order valence-electron chi connectivity index (χ3n) is 3.88. The van der Waals surface area contributed by atoms with Gasteiger partial charge >= 0.3 is 0 Å². The van der Waals surface area contributed by atoms with Crippen LogP contribution >= 0.6 is 0 Å². The molecule has 116 valence electrons. The molecule has 0 bridgehead atoms. The summed E-state index contributed by atoms with van der Waals surface area (Å²) in [5.41, 5.74) is 0.816. The van der Waals surface area contributed by atoms with Gasteiger partial charge in [-0.2, -0.15) is 0 Å². The Morgan fingerprint density at radius 1 is 1.23 bits per heavy atom. The highest BCUT2D eigenvalue weighted by molar-refractivity contribution is 5.82. The fraction of sp³-hybridized carbons (Fsp3) is 0.316. The van der Waals surface area contributed by atoms with E-state index in [0.717, 1.165) is 5.69 Å². The van der Waals surface area contributed by atoms with Gasteiger partial charge in [-0.1, -0.05) is 61.6 Å². The largest absolute Gasteiger partial charge is 0.383 e. The summed E-state index contributed by atoms with van der Waals surface area (Å²) in [4.78, 5) is 12.4. The van der Waals surface area contributed by atoms with Gasteiger partial charge in [0.25, 0.3) is 0 Å². The molecule has 3 nitrogen and oxygen atoms in total. The minimum atomic E-state index is -0.250. The Balaban J connectivity index is 1.84. The second-order valence-corrected chi connectivity index (χ2v) is 5.67. The number of allylic oxidation sites excluding steroid dienone is 5. The van der Waals surface area contributed by atoms with Gasteiger partial charge in [-0.25, -0.2) is 0 Å². The number of carbonyl (C=O) groups is 1. The number of para-hydroxylation sites is 1. The minimum Gasteiger partial charge on any atom is -0.383 e. The Labute approximate surface area is 132 Å². The molecule has 0 aliphatic heterocycles. The zero-order valence-electron chi connectivity index (χ0n) is 13.3. The van der Waals surface area contributed by atoms with Crippen LogP contribution in [-0.2, 0) is 4.79 Å². The smallest absolute Gasteiger partial charge is 0.228 e. The van der Waals surface area contributed by atoms with Crippen molar-refractivity contribution in [3.8, 4) is 0 Å². The standard InChI is InChI=1S/C19H24N2O/c1-3-12-19(2)13-8-7-11-17(19)18(22)21-15-14-20-16-9-5-4-6-10-16/h3-13,17,20H,14-15H2,1-2H3,(H,21,22). The van der Waals surface area contributed by atoms with E-state index in [1.807, 2.05) is 61.6 Å². The van der Waals surface area contributed by atoms with Crippen molar-refractivity contribution in [3.63, 3.8) is 0 Å². The molecular formula is C19H24N2O. The van der Waals surface area contributed by atoms with Crippen LogP contribution in [-0.4, -0.2) is 19.0 Å². The predicted molar refractivity (Wildman–Crippen MR) is 92.6 cm³/mol. The Kier molecular flexibility index (Phi) is 5.59. The number of hydrogen-bond acceptors (Lipinski definition) is 2. The number of hydrogen-bond donors (Lipinski definition) is 2. The highest BCUT2D eigenvalue weighted by Gasteiger charge is 2.33. The molecule has 0 spiro atoms. The fourth-order valence-electron chi connectivity index (χ4n) is 2.70. The summed E-state index contributed by atoms with van der Waals surface area (Å²) in [5.74, 6) is -0.0958. The van der Waals surface area contributed by atoms with E-state index in [1.165, 1.54) is 0 Å². The highest BCUT2D eigenvalue weighted by Crippen LogP contribution is 2.34. The quantitative estimate of drug-likeness (QED) is 0.623. The lowest BCUT2D eigenvalue weighted by Crippen LogP contribution is -2.40. The first kappa shape index (κ1) is 16.1. The summed E-state index contributed by atoms with van der Waals surface area (Å²) in [6.45, 7) is 5.38. The average Bonchev–Trinajstić information content (AvgIpc) is 2.53. The van der Waals surface area contributed by atoms with Gasteiger partial charge in [0.1, 0.15) is 0 Å². The molecule has 0 radical (unpaired) electrons. The summed E-state index contributed by atoms with van der Waals surface area (Å²) >= 11 is 0. The van der Waals surface area contributed by atoms with E-state index in [1.54, 1.807) is 0 Å². The van der Waals surface area contributed by atoms with Gasteiger partial charge in [-0.3, -0.25) is 4.79 Å². The van der Waals surface area contributed by atoms with Crippen molar-refractivity contribution in [2.75, 3.05) is 18.4 Å². The maximum atomic E-state index is 12.4. The lowest BCUT2D eigenvalue weighted by atomic mass is 9.73. The van der Waals surface area contributed by atoms with Gasteiger partial charge in [0.15, 0.2) is 0 Å². The van der Waals surface area contributed by atoms with Gasteiger partial charge in [-0.15, -0.1) is 0 Å². The van der Waals surface area contributed by atoms with Crippen LogP contribution in [0.1, 0.15) is 13.8 Å². The van der Waals surface area contributed by atoms with Gasteiger partial charge in [0.05, 0.1) is 5.92 Å². The number of amides is 1. The molecule has 1 aromatic carbocycles. The topological polar surface area (TPSA) is 41.1 Å². The molecule has 2 atom stereocenters. The molecule has 1 aliphatic rings. The summed E-state index contributed by atoms with van der Waals surface area (Å²) in [6, 6.07) is 9.99. The zero-order chi connectivity index (χ0) is 15.8.